The highest BCUT2D eigenvalue weighted by molar-refractivity contribution is 6.33. The van der Waals surface area contributed by atoms with E-state index in [2.05, 4.69) is 16.1 Å². The van der Waals surface area contributed by atoms with Crippen LogP contribution in [-0.2, 0) is 6.54 Å². The van der Waals surface area contributed by atoms with E-state index in [1.54, 1.807) is 4.68 Å². The highest BCUT2D eigenvalue weighted by Gasteiger charge is 2.27. The average molecular weight is 434 g/mol. The van der Waals surface area contributed by atoms with E-state index >= 15 is 0 Å². The lowest BCUT2D eigenvalue weighted by Crippen LogP contribution is -2.35. The fourth-order valence-corrected chi connectivity index (χ4v) is 4.26. The third-order valence-corrected chi connectivity index (χ3v) is 5.98. The van der Waals surface area contributed by atoms with E-state index < -0.39 is 0 Å². The SMILES string of the molecule is Cc1nn(Cc2ccccc2)c(Cl)c1C(=O)N1CCCN(c2ccc(C#N)cc2)CC1. The standard InChI is InChI=1S/C24H24ClN5O/c1-18-22(23(25)30(27-18)17-20-6-3-2-4-7-20)24(31)29-13-5-12-28(14-15-29)21-10-8-19(16-26)9-11-21/h2-4,6-11H,5,12-15,17H2,1H3. The molecule has 0 aliphatic carbocycles. The minimum absolute atomic E-state index is 0.0662. The molecule has 1 fully saturated rings. The minimum Gasteiger partial charge on any atom is -0.370 e. The molecular weight excluding hydrogens is 410 g/mol. The Morgan fingerprint density at radius 2 is 1.81 bits per heavy atom. The average Bonchev–Trinajstić information content (AvgIpc) is 2.96. The Hall–Kier alpha value is -3.30. The monoisotopic (exact) mass is 433 g/mol. The Bertz CT molecular complexity index is 1100. The number of halogens is 1. The largest absolute Gasteiger partial charge is 0.370 e. The number of hydrogen-bond acceptors (Lipinski definition) is 4. The van der Waals surface area contributed by atoms with Crippen molar-refractivity contribution in [1.82, 2.24) is 14.7 Å². The van der Waals surface area contributed by atoms with Gasteiger partial charge in [0, 0.05) is 31.9 Å². The second kappa shape index (κ2) is 9.23. The van der Waals surface area contributed by atoms with Gasteiger partial charge in [0.2, 0.25) is 0 Å². The number of amides is 1. The van der Waals surface area contributed by atoms with Crippen LogP contribution in [0, 0.1) is 18.3 Å². The van der Waals surface area contributed by atoms with Gasteiger partial charge in [0.15, 0.2) is 0 Å². The van der Waals surface area contributed by atoms with Gasteiger partial charge in [0.1, 0.15) is 5.15 Å². The molecule has 0 bridgehead atoms. The summed E-state index contributed by atoms with van der Waals surface area (Å²) in [7, 11) is 0. The molecule has 2 aromatic carbocycles. The number of carbonyl (C=O) groups is 1. The lowest BCUT2D eigenvalue weighted by Gasteiger charge is -2.23. The molecule has 0 N–H and O–H groups in total. The smallest absolute Gasteiger partial charge is 0.258 e. The van der Waals surface area contributed by atoms with Crippen LogP contribution in [0.1, 0.15) is 33.6 Å². The van der Waals surface area contributed by atoms with Gasteiger partial charge in [0.25, 0.3) is 5.91 Å². The molecule has 1 aliphatic rings. The van der Waals surface area contributed by atoms with Crippen LogP contribution in [0.25, 0.3) is 0 Å². The zero-order valence-corrected chi connectivity index (χ0v) is 18.2. The van der Waals surface area contributed by atoms with Crippen LogP contribution in [0.4, 0.5) is 5.69 Å². The van der Waals surface area contributed by atoms with Crippen molar-refractivity contribution < 1.29 is 4.79 Å². The summed E-state index contributed by atoms with van der Waals surface area (Å²) in [5.74, 6) is -0.0662. The molecule has 7 heteroatoms. The molecular formula is C24H24ClN5O. The molecule has 0 radical (unpaired) electrons. The Labute approximate surface area is 187 Å². The number of benzene rings is 2. The fraction of sp³-hybridized carbons (Fsp3) is 0.292. The molecule has 0 unspecified atom stereocenters. The van der Waals surface area contributed by atoms with E-state index in [9.17, 15) is 4.79 Å². The number of aromatic nitrogens is 2. The van der Waals surface area contributed by atoms with Crippen molar-refractivity contribution >= 4 is 23.2 Å². The summed E-state index contributed by atoms with van der Waals surface area (Å²) < 4.78 is 1.69. The molecule has 0 spiro atoms. The van der Waals surface area contributed by atoms with Crippen molar-refractivity contribution in [3.05, 3.63) is 82.1 Å². The number of nitriles is 1. The van der Waals surface area contributed by atoms with E-state index in [1.807, 2.05) is 66.4 Å². The Morgan fingerprint density at radius 3 is 2.52 bits per heavy atom. The predicted molar refractivity (Wildman–Crippen MR) is 121 cm³/mol. The Balaban J connectivity index is 1.47. The van der Waals surface area contributed by atoms with Crippen LogP contribution in [0.2, 0.25) is 5.15 Å². The lowest BCUT2D eigenvalue weighted by atomic mass is 10.2. The zero-order valence-electron chi connectivity index (χ0n) is 17.5. The van der Waals surface area contributed by atoms with E-state index in [0.29, 0.717) is 41.6 Å². The van der Waals surface area contributed by atoms with Gasteiger partial charge in [-0.2, -0.15) is 10.4 Å². The topological polar surface area (TPSA) is 65.2 Å². The molecule has 1 amide bonds. The Morgan fingerprint density at radius 1 is 1.06 bits per heavy atom. The predicted octanol–water partition coefficient (Wildman–Crippen LogP) is 4.12. The zero-order chi connectivity index (χ0) is 21.8. The van der Waals surface area contributed by atoms with E-state index in [4.69, 9.17) is 16.9 Å². The summed E-state index contributed by atoms with van der Waals surface area (Å²) in [6, 6.07) is 19.7. The number of carbonyl (C=O) groups excluding carboxylic acids is 1. The van der Waals surface area contributed by atoms with Gasteiger partial charge < -0.3 is 9.80 Å². The maximum absolute atomic E-state index is 13.3. The molecule has 6 nitrogen and oxygen atoms in total. The normalized spacial score (nSPS) is 14.2. The first-order valence-electron chi connectivity index (χ1n) is 10.4. The van der Waals surface area contributed by atoms with E-state index in [1.165, 1.54) is 0 Å². The molecule has 0 atom stereocenters. The van der Waals surface area contributed by atoms with Crippen molar-refractivity contribution in [2.75, 3.05) is 31.1 Å². The fourth-order valence-electron chi connectivity index (χ4n) is 3.94. The molecule has 158 valence electrons. The van der Waals surface area contributed by atoms with Crippen molar-refractivity contribution in [2.24, 2.45) is 0 Å². The molecule has 1 aromatic heterocycles. The van der Waals surface area contributed by atoms with Crippen LogP contribution >= 0.6 is 11.6 Å². The van der Waals surface area contributed by atoms with Gasteiger partial charge in [0.05, 0.1) is 29.4 Å². The summed E-state index contributed by atoms with van der Waals surface area (Å²) in [4.78, 5) is 17.4. The van der Waals surface area contributed by atoms with Crippen LogP contribution in [0.5, 0.6) is 0 Å². The molecule has 4 rings (SSSR count). The van der Waals surface area contributed by atoms with Crippen LogP contribution < -0.4 is 4.90 Å². The third-order valence-electron chi connectivity index (χ3n) is 5.60. The highest BCUT2D eigenvalue weighted by Crippen LogP contribution is 2.24. The van der Waals surface area contributed by atoms with Crippen LogP contribution in [0.15, 0.2) is 54.6 Å². The van der Waals surface area contributed by atoms with Gasteiger partial charge >= 0.3 is 0 Å². The maximum Gasteiger partial charge on any atom is 0.258 e. The van der Waals surface area contributed by atoms with Crippen molar-refractivity contribution in [1.29, 1.82) is 5.26 Å². The van der Waals surface area contributed by atoms with E-state index in [-0.39, 0.29) is 5.91 Å². The molecule has 1 aliphatic heterocycles. The number of aryl methyl sites for hydroxylation is 1. The first kappa shape index (κ1) is 21.0. The third kappa shape index (κ3) is 4.57. The number of anilines is 1. The van der Waals surface area contributed by atoms with Crippen molar-refractivity contribution in [2.45, 2.75) is 19.9 Å². The summed E-state index contributed by atoms with van der Waals surface area (Å²) in [6.45, 7) is 5.23. The van der Waals surface area contributed by atoms with Gasteiger partial charge in [-0.25, -0.2) is 4.68 Å². The quantitative estimate of drug-likeness (QED) is 0.620. The van der Waals surface area contributed by atoms with Crippen molar-refractivity contribution in [3.63, 3.8) is 0 Å². The minimum atomic E-state index is -0.0662. The van der Waals surface area contributed by atoms with Crippen LogP contribution in [-0.4, -0.2) is 46.8 Å². The molecule has 1 saturated heterocycles. The molecule has 0 saturated carbocycles. The summed E-state index contributed by atoms with van der Waals surface area (Å²) in [5.41, 5.74) is 3.94. The van der Waals surface area contributed by atoms with Gasteiger partial charge in [-0.15, -0.1) is 0 Å². The summed E-state index contributed by atoms with van der Waals surface area (Å²) >= 11 is 6.60. The maximum atomic E-state index is 13.3. The summed E-state index contributed by atoms with van der Waals surface area (Å²) in [5, 5.41) is 13.9. The van der Waals surface area contributed by atoms with E-state index in [0.717, 1.165) is 30.8 Å². The van der Waals surface area contributed by atoms with Gasteiger partial charge in [-0.3, -0.25) is 4.79 Å². The number of nitrogens with zero attached hydrogens (tertiary/aromatic N) is 5. The second-order valence-corrected chi connectivity index (χ2v) is 8.04. The lowest BCUT2D eigenvalue weighted by molar-refractivity contribution is 0.0766. The van der Waals surface area contributed by atoms with Crippen LogP contribution in [0.3, 0.4) is 0 Å². The first-order valence-corrected chi connectivity index (χ1v) is 10.8. The molecule has 3 aromatic rings. The van der Waals surface area contributed by atoms with Gasteiger partial charge in [-0.05, 0) is 43.2 Å². The second-order valence-electron chi connectivity index (χ2n) is 7.69. The highest BCUT2D eigenvalue weighted by atomic mass is 35.5. The first-order chi connectivity index (χ1) is 15.1. The van der Waals surface area contributed by atoms with Crippen molar-refractivity contribution in [3.8, 4) is 6.07 Å². The van der Waals surface area contributed by atoms with Gasteiger partial charge in [-0.1, -0.05) is 41.9 Å². The summed E-state index contributed by atoms with van der Waals surface area (Å²) in [6.07, 6.45) is 0.862. The number of hydrogen-bond donors (Lipinski definition) is 0. The molecule has 31 heavy (non-hydrogen) atoms. The molecule has 2 heterocycles. The number of rotatable bonds is 4. The Kier molecular flexibility index (Phi) is 6.24.